The molecular weight excluding hydrogens is 260 g/mol. The number of carbonyl (C=O) groups is 1. The van der Waals surface area contributed by atoms with Gasteiger partial charge in [0.2, 0.25) is 5.76 Å². The van der Waals surface area contributed by atoms with Gasteiger partial charge in [-0.05, 0) is 0 Å². The van der Waals surface area contributed by atoms with Crippen LogP contribution in [0, 0.1) is 0 Å². The van der Waals surface area contributed by atoms with E-state index in [1.807, 2.05) is 0 Å². The van der Waals surface area contributed by atoms with Crippen molar-refractivity contribution in [1.29, 1.82) is 0 Å². The van der Waals surface area contributed by atoms with Gasteiger partial charge in [-0.25, -0.2) is 4.98 Å². The average Bonchev–Trinajstić information content (AvgIpc) is 2.56. The predicted molar refractivity (Wildman–Crippen MR) is 70.8 cm³/mol. The van der Waals surface area contributed by atoms with Gasteiger partial charge in [-0.2, -0.15) is 0 Å². The Hall–Kier alpha value is -2.31. The SMILES string of the molecule is O=C(C1=COCCO1)N1CCN(c2cnccn2)CC1. The van der Waals surface area contributed by atoms with Crippen LogP contribution >= 0.6 is 0 Å². The molecule has 0 N–H and O–H groups in total. The number of hydrogen-bond donors (Lipinski definition) is 0. The summed E-state index contributed by atoms with van der Waals surface area (Å²) in [6, 6.07) is 0. The topological polar surface area (TPSA) is 67.8 Å². The number of aromatic nitrogens is 2. The molecule has 0 radical (unpaired) electrons. The fourth-order valence-electron chi connectivity index (χ4n) is 2.23. The Labute approximate surface area is 116 Å². The summed E-state index contributed by atoms with van der Waals surface area (Å²) in [6.45, 7) is 3.66. The number of hydrogen-bond acceptors (Lipinski definition) is 6. The first-order valence-electron chi connectivity index (χ1n) is 6.59. The summed E-state index contributed by atoms with van der Waals surface area (Å²) in [5, 5.41) is 0. The van der Waals surface area contributed by atoms with Crippen molar-refractivity contribution in [2.24, 2.45) is 0 Å². The number of amides is 1. The van der Waals surface area contributed by atoms with Crippen LogP contribution in [0.25, 0.3) is 0 Å². The molecule has 1 aromatic heterocycles. The van der Waals surface area contributed by atoms with E-state index in [4.69, 9.17) is 9.47 Å². The molecule has 3 heterocycles. The van der Waals surface area contributed by atoms with Gasteiger partial charge in [0.1, 0.15) is 25.3 Å². The lowest BCUT2D eigenvalue weighted by Crippen LogP contribution is -2.49. The van der Waals surface area contributed by atoms with E-state index in [1.54, 1.807) is 23.5 Å². The van der Waals surface area contributed by atoms with Gasteiger partial charge in [0.15, 0.2) is 0 Å². The zero-order chi connectivity index (χ0) is 13.8. The highest BCUT2D eigenvalue weighted by atomic mass is 16.6. The number of rotatable bonds is 2. The molecule has 106 valence electrons. The van der Waals surface area contributed by atoms with Gasteiger partial charge in [-0.3, -0.25) is 9.78 Å². The van der Waals surface area contributed by atoms with Gasteiger partial charge in [-0.15, -0.1) is 0 Å². The first-order valence-corrected chi connectivity index (χ1v) is 6.59. The maximum atomic E-state index is 12.2. The summed E-state index contributed by atoms with van der Waals surface area (Å²) < 4.78 is 10.4. The highest BCUT2D eigenvalue weighted by molar-refractivity contribution is 5.91. The van der Waals surface area contributed by atoms with Crippen LogP contribution in [0.4, 0.5) is 5.82 Å². The molecule has 7 nitrogen and oxygen atoms in total. The number of carbonyl (C=O) groups excluding carboxylic acids is 1. The minimum absolute atomic E-state index is 0.108. The smallest absolute Gasteiger partial charge is 0.292 e. The second kappa shape index (κ2) is 5.77. The van der Waals surface area contributed by atoms with Crippen LogP contribution in [0.5, 0.6) is 0 Å². The minimum Gasteiger partial charge on any atom is -0.494 e. The van der Waals surface area contributed by atoms with Crippen molar-refractivity contribution in [1.82, 2.24) is 14.9 Å². The summed E-state index contributed by atoms with van der Waals surface area (Å²) in [5.74, 6) is 1.03. The van der Waals surface area contributed by atoms with Gasteiger partial charge in [0.05, 0.1) is 6.20 Å². The van der Waals surface area contributed by atoms with Crippen molar-refractivity contribution >= 4 is 11.7 Å². The van der Waals surface area contributed by atoms with E-state index in [0.717, 1.165) is 18.9 Å². The van der Waals surface area contributed by atoms with E-state index < -0.39 is 0 Å². The van der Waals surface area contributed by atoms with E-state index in [-0.39, 0.29) is 5.91 Å². The van der Waals surface area contributed by atoms with Crippen LogP contribution in [0.2, 0.25) is 0 Å². The van der Waals surface area contributed by atoms with Gasteiger partial charge >= 0.3 is 0 Å². The van der Waals surface area contributed by atoms with Crippen LogP contribution in [-0.4, -0.2) is 60.2 Å². The predicted octanol–water partition coefficient (Wildman–Crippen LogP) is 0.0134. The fraction of sp³-hybridized carbons (Fsp3) is 0.462. The van der Waals surface area contributed by atoms with Crippen LogP contribution in [0.3, 0.4) is 0 Å². The largest absolute Gasteiger partial charge is 0.494 e. The summed E-state index contributed by atoms with van der Waals surface area (Å²) >= 11 is 0. The maximum Gasteiger partial charge on any atom is 0.292 e. The number of nitrogens with zero attached hydrogens (tertiary/aromatic N) is 4. The Morgan fingerprint density at radius 1 is 1.15 bits per heavy atom. The Kier molecular flexibility index (Phi) is 3.67. The summed E-state index contributed by atoms with van der Waals surface area (Å²) in [4.78, 5) is 24.4. The Bertz CT molecular complexity index is 498. The molecule has 0 aliphatic carbocycles. The van der Waals surface area contributed by atoms with E-state index in [2.05, 4.69) is 14.9 Å². The fourth-order valence-corrected chi connectivity index (χ4v) is 2.23. The zero-order valence-corrected chi connectivity index (χ0v) is 11.1. The van der Waals surface area contributed by atoms with Crippen molar-refractivity contribution in [2.75, 3.05) is 44.3 Å². The Morgan fingerprint density at radius 2 is 2.00 bits per heavy atom. The monoisotopic (exact) mass is 276 g/mol. The second-order valence-corrected chi connectivity index (χ2v) is 4.54. The van der Waals surface area contributed by atoms with Crippen LogP contribution in [-0.2, 0) is 14.3 Å². The van der Waals surface area contributed by atoms with Crippen LogP contribution < -0.4 is 4.90 Å². The molecule has 0 bridgehead atoms. The summed E-state index contributed by atoms with van der Waals surface area (Å²) in [5.41, 5.74) is 0. The first kappa shape index (κ1) is 12.7. The third-order valence-electron chi connectivity index (χ3n) is 3.30. The molecule has 0 unspecified atom stereocenters. The third kappa shape index (κ3) is 2.66. The van der Waals surface area contributed by atoms with E-state index >= 15 is 0 Å². The van der Waals surface area contributed by atoms with Crippen molar-refractivity contribution < 1.29 is 14.3 Å². The molecule has 1 aromatic rings. The van der Waals surface area contributed by atoms with Gasteiger partial charge in [0.25, 0.3) is 5.91 Å². The molecule has 2 aliphatic heterocycles. The normalized spacial score (nSPS) is 18.9. The minimum atomic E-state index is -0.108. The average molecular weight is 276 g/mol. The molecular formula is C13H16N4O3. The first-order chi connectivity index (χ1) is 9.84. The summed E-state index contributed by atoms with van der Waals surface area (Å²) in [7, 11) is 0. The maximum absolute atomic E-state index is 12.2. The molecule has 0 aromatic carbocycles. The Morgan fingerprint density at radius 3 is 2.65 bits per heavy atom. The number of anilines is 1. The molecule has 0 spiro atoms. The number of ether oxygens (including phenoxy) is 2. The van der Waals surface area contributed by atoms with Crippen LogP contribution in [0.1, 0.15) is 0 Å². The highest BCUT2D eigenvalue weighted by Gasteiger charge is 2.26. The van der Waals surface area contributed by atoms with Crippen molar-refractivity contribution in [2.45, 2.75) is 0 Å². The van der Waals surface area contributed by atoms with Crippen molar-refractivity contribution in [3.63, 3.8) is 0 Å². The van der Waals surface area contributed by atoms with Crippen molar-refractivity contribution in [3.8, 4) is 0 Å². The molecule has 1 saturated heterocycles. The third-order valence-corrected chi connectivity index (χ3v) is 3.30. The van der Waals surface area contributed by atoms with Gasteiger partial charge in [-0.1, -0.05) is 0 Å². The molecule has 0 saturated carbocycles. The summed E-state index contributed by atoms with van der Waals surface area (Å²) in [6.07, 6.45) is 6.46. The molecule has 7 heteroatoms. The highest BCUT2D eigenvalue weighted by Crippen LogP contribution is 2.14. The zero-order valence-electron chi connectivity index (χ0n) is 11.1. The lowest BCUT2D eigenvalue weighted by atomic mass is 10.3. The molecule has 0 atom stereocenters. The molecule has 2 aliphatic rings. The van der Waals surface area contributed by atoms with Crippen LogP contribution in [0.15, 0.2) is 30.6 Å². The molecule has 1 amide bonds. The molecule has 20 heavy (non-hydrogen) atoms. The number of piperazine rings is 1. The quantitative estimate of drug-likeness (QED) is 0.758. The van der Waals surface area contributed by atoms with E-state index in [0.29, 0.717) is 32.1 Å². The molecule has 1 fully saturated rings. The second-order valence-electron chi connectivity index (χ2n) is 4.54. The van der Waals surface area contributed by atoms with Gasteiger partial charge < -0.3 is 19.3 Å². The Balaban J connectivity index is 1.58. The standard InChI is InChI=1S/C13H16N4O3/c18-13(11-10-19-7-8-20-11)17-5-3-16(4-6-17)12-9-14-1-2-15-12/h1-2,9-10H,3-8H2. The van der Waals surface area contributed by atoms with Gasteiger partial charge in [0, 0.05) is 38.6 Å². The van der Waals surface area contributed by atoms with E-state index in [9.17, 15) is 4.79 Å². The lowest BCUT2D eigenvalue weighted by molar-refractivity contribution is -0.132. The lowest BCUT2D eigenvalue weighted by Gasteiger charge is -2.35. The molecule has 3 rings (SSSR count). The van der Waals surface area contributed by atoms with Crippen molar-refractivity contribution in [3.05, 3.63) is 30.6 Å². The van der Waals surface area contributed by atoms with E-state index in [1.165, 1.54) is 6.26 Å².